The number of rotatable bonds is 5. The van der Waals surface area contributed by atoms with Gasteiger partial charge in [-0.25, -0.2) is 18.1 Å². The smallest absolute Gasteiger partial charge is 0.257 e. The van der Waals surface area contributed by atoms with Crippen LogP contribution in [0, 0.1) is 20.8 Å². The highest BCUT2D eigenvalue weighted by Crippen LogP contribution is 2.34. The Bertz CT molecular complexity index is 1420. The van der Waals surface area contributed by atoms with Gasteiger partial charge in [-0.1, -0.05) is 18.2 Å². The number of H-pyrrole nitrogens is 1. The number of carbonyl (C=O) groups is 1. The van der Waals surface area contributed by atoms with Crippen molar-refractivity contribution in [2.75, 3.05) is 12.4 Å². The van der Waals surface area contributed by atoms with Gasteiger partial charge in [0.05, 0.1) is 10.6 Å². The first-order valence-corrected chi connectivity index (χ1v) is 12.0. The summed E-state index contributed by atoms with van der Waals surface area (Å²) >= 11 is 1.32. The molecule has 1 amide bonds. The quantitative estimate of drug-likeness (QED) is 0.416. The molecule has 0 saturated heterocycles. The Morgan fingerprint density at radius 3 is 2.61 bits per heavy atom. The molecule has 31 heavy (non-hydrogen) atoms. The molecule has 0 bridgehead atoms. The maximum Gasteiger partial charge on any atom is 0.257 e. The molecule has 0 spiro atoms. The van der Waals surface area contributed by atoms with E-state index in [-0.39, 0.29) is 10.5 Å². The Morgan fingerprint density at radius 2 is 1.87 bits per heavy atom. The van der Waals surface area contributed by atoms with Crippen LogP contribution in [0.15, 0.2) is 46.7 Å². The normalized spacial score (nSPS) is 11.7. The number of thiazole rings is 1. The molecule has 160 valence electrons. The molecular weight excluding hydrogens is 432 g/mol. The van der Waals surface area contributed by atoms with E-state index in [0.29, 0.717) is 10.7 Å². The Morgan fingerprint density at radius 1 is 1.13 bits per heavy atom. The molecule has 2 aromatic carbocycles. The number of anilines is 1. The van der Waals surface area contributed by atoms with Gasteiger partial charge in [-0.3, -0.25) is 10.1 Å². The van der Waals surface area contributed by atoms with Gasteiger partial charge in [0.2, 0.25) is 10.0 Å². The maximum atomic E-state index is 12.9. The predicted molar refractivity (Wildman–Crippen MR) is 124 cm³/mol. The van der Waals surface area contributed by atoms with Gasteiger partial charge in [-0.15, -0.1) is 11.3 Å². The number of hydrogen-bond donors (Lipinski definition) is 3. The maximum absolute atomic E-state index is 12.9. The fourth-order valence-electron chi connectivity index (χ4n) is 3.57. The van der Waals surface area contributed by atoms with Crippen LogP contribution in [-0.2, 0) is 10.0 Å². The summed E-state index contributed by atoms with van der Waals surface area (Å²) in [5.74, 6) is -0.410. The molecule has 4 aromatic rings. The number of amides is 1. The number of carbonyl (C=O) groups excluding carboxylic acids is 1. The van der Waals surface area contributed by atoms with Crippen LogP contribution < -0.4 is 10.0 Å². The minimum absolute atomic E-state index is 0.0920. The number of hydrogen-bond acceptors (Lipinski definition) is 5. The Labute approximate surface area is 184 Å². The number of sulfonamides is 1. The van der Waals surface area contributed by atoms with E-state index in [0.717, 1.165) is 33.4 Å². The van der Waals surface area contributed by atoms with Crippen molar-refractivity contribution in [2.24, 2.45) is 0 Å². The molecule has 9 heteroatoms. The van der Waals surface area contributed by atoms with Gasteiger partial charge in [0, 0.05) is 33.1 Å². The third-order valence-corrected chi connectivity index (χ3v) is 7.61. The lowest BCUT2D eigenvalue weighted by molar-refractivity contribution is 0.102. The van der Waals surface area contributed by atoms with Crippen molar-refractivity contribution in [3.05, 3.63) is 64.2 Å². The average molecular weight is 455 g/mol. The molecule has 0 fully saturated rings. The van der Waals surface area contributed by atoms with Crippen LogP contribution in [0.4, 0.5) is 5.13 Å². The van der Waals surface area contributed by atoms with Crippen LogP contribution in [0.25, 0.3) is 22.2 Å². The lowest BCUT2D eigenvalue weighted by atomic mass is 10.1. The molecule has 0 saturated carbocycles. The summed E-state index contributed by atoms with van der Waals surface area (Å²) in [7, 11) is -2.33. The van der Waals surface area contributed by atoms with E-state index in [1.54, 1.807) is 19.9 Å². The van der Waals surface area contributed by atoms with E-state index in [9.17, 15) is 13.2 Å². The van der Waals surface area contributed by atoms with Crippen molar-refractivity contribution in [3.8, 4) is 11.3 Å². The zero-order valence-electron chi connectivity index (χ0n) is 17.5. The standard InChI is InChI=1S/C22H22N4O3S2/c1-12-9-15(10-19(13(12)2)31(28,29)23-4)21(27)26-22-25-18(11-30-22)20-14(3)24-17-8-6-5-7-16(17)20/h5-11,23-24H,1-4H3,(H,25,26,27). The minimum Gasteiger partial charge on any atom is -0.358 e. The third-order valence-electron chi connectivity index (χ3n) is 5.31. The monoisotopic (exact) mass is 454 g/mol. The summed E-state index contributed by atoms with van der Waals surface area (Å²) in [6.07, 6.45) is 0. The lowest BCUT2D eigenvalue weighted by Crippen LogP contribution is -2.21. The number of aromatic amines is 1. The van der Waals surface area contributed by atoms with Crippen LogP contribution >= 0.6 is 11.3 Å². The second kappa shape index (κ2) is 7.92. The first-order chi connectivity index (χ1) is 14.7. The Kier molecular flexibility index (Phi) is 5.42. The molecule has 0 unspecified atom stereocenters. The summed E-state index contributed by atoms with van der Waals surface area (Å²) in [4.78, 5) is 20.9. The van der Waals surface area contributed by atoms with Crippen molar-refractivity contribution in [3.63, 3.8) is 0 Å². The molecule has 0 aliphatic carbocycles. The lowest BCUT2D eigenvalue weighted by Gasteiger charge is -2.12. The van der Waals surface area contributed by atoms with Crippen molar-refractivity contribution in [2.45, 2.75) is 25.7 Å². The molecular formula is C22H22N4O3S2. The van der Waals surface area contributed by atoms with Crippen molar-refractivity contribution in [1.82, 2.24) is 14.7 Å². The number of aromatic nitrogens is 2. The Hall–Kier alpha value is -3.01. The second-order valence-corrected chi connectivity index (χ2v) is 10.00. The molecule has 7 nitrogen and oxygen atoms in total. The summed E-state index contributed by atoms with van der Waals surface area (Å²) in [6.45, 7) is 5.49. The zero-order valence-corrected chi connectivity index (χ0v) is 19.2. The van der Waals surface area contributed by atoms with Crippen LogP contribution in [0.5, 0.6) is 0 Å². The zero-order chi connectivity index (χ0) is 22.3. The fraction of sp³-hybridized carbons (Fsp3) is 0.182. The molecule has 4 rings (SSSR count). The van der Waals surface area contributed by atoms with Gasteiger partial charge in [-0.2, -0.15) is 0 Å². The number of fused-ring (bicyclic) bond motifs is 1. The number of nitrogens with zero attached hydrogens (tertiary/aromatic N) is 1. The van der Waals surface area contributed by atoms with E-state index in [1.807, 2.05) is 36.6 Å². The average Bonchev–Trinajstić information content (AvgIpc) is 3.32. The number of para-hydroxylation sites is 1. The molecule has 0 atom stereocenters. The molecule has 2 aromatic heterocycles. The number of aryl methyl sites for hydroxylation is 2. The number of nitrogens with one attached hydrogen (secondary N) is 3. The highest BCUT2D eigenvalue weighted by molar-refractivity contribution is 7.89. The van der Waals surface area contributed by atoms with Crippen molar-refractivity contribution >= 4 is 43.3 Å². The second-order valence-electron chi connectivity index (χ2n) is 7.29. The van der Waals surface area contributed by atoms with Crippen molar-refractivity contribution in [1.29, 1.82) is 0 Å². The highest BCUT2D eigenvalue weighted by Gasteiger charge is 2.20. The van der Waals surface area contributed by atoms with E-state index >= 15 is 0 Å². The summed E-state index contributed by atoms with van der Waals surface area (Å²) < 4.78 is 27.0. The number of benzene rings is 2. The van der Waals surface area contributed by atoms with Crippen molar-refractivity contribution < 1.29 is 13.2 Å². The highest BCUT2D eigenvalue weighted by atomic mass is 32.2. The van der Waals surface area contributed by atoms with Crippen LogP contribution in [0.1, 0.15) is 27.2 Å². The molecule has 3 N–H and O–H groups in total. The topological polar surface area (TPSA) is 104 Å². The van der Waals surface area contributed by atoms with E-state index in [4.69, 9.17) is 0 Å². The molecule has 0 aliphatic rings. The van der Waals surface area contributed by atoms with Gasteiger partial charge >= 0.3 is 0 Å². The van der Waals surface area contributed by atoms with Gasteiger partial charge in [0.1, 0.15) is 0 Å². The van der Waals surface area contributed by atoms with E-state index in [1.165, 1.54) is 24.5 Å². The first kappa shape index (κ1) is 21.2. The summed E-state index contributed by atoms with van der Waals surface area (Å²) in [5.41, 5.74) is 5.39. The van der Waals surface area contributed by atoms with E-state index in [2.05, 4.69) is 20.0 Å². The Balaban J connectivity index is 1.65. The first-order valence-electron chi connectivity index (χ1n) is 9.60. The third kappa shape index (κ3) is 3.87. The fourth-order valence-corrected chi connectivity index (χ4v) is 5.33. The van der Waals surface area contributed by atoms with Gasteiger partial charge in [0.15, 0.2) is 5.13 Å². The molecule has 2 heterocycles. The van der Waals surface area contributed by atoms with Gasteiger partial charge in [0.25, 0.3) is 5.91 Å². The summed E-state index contributed by atoms with van der Waals surface area (Å²) in [6, 6.07) is 11.1. The van der Waals surface area contributed by atoms with Gasteiger partial charge in [-0.05, 0) is 57.1 Å². The van der Waals surface area contributed by atoms with Crippen LogP contribution in [-0.4, -0.2) is 31.3 Å². The molecule has 0 aliphatic heterocycles. The largest absolute Gasteiger partial charge is 0.358 e. The van der Waals surface area contributed by atoms with Gasteiger partial charge < -0.3 is 4.98 Å². The minimum atomic E-state index is -3.68. The summed E-state index contributed by atoms with van der Waals surface area (Å²) in [5, 5.41) is 6.21. The van der Waals surface area contributed by atoms with E-state index < -0.39 is 15.9 Å². The molecule has 0 radical (unpaired) electrons. The van der Waals surface area contributed by atoms with Crippen LogP contribution in [0.2, 0.25) is 0 Å². The van der Waals surface area contributed by atoms with Crippen LogP contribution in [0.3, 0.4) is 0 Å². The predicted octanol–water partition coefficient (Wildman–Crippen LogP) is 4.38. The SMILES string of the molecule is CNS(=O)(=O)c1cc(C(=O)Nc2nc(-c3c(C)[nH]c4ccccc34)cs2)cc(C)c1C.